The predicted molar refractivity (Wildman–Crippen MR) is 79.9 cm³/mol. The first kappa shape index (κ1) is 14.2. The number of halogens is 1. The summed E-state index contributed by atoms with van der Waals surface area (Å²) in [4.78, 5) is 14.3. The Bertz CT molecular complexity index is 455. The first-order valence-corrected chi connectivity index (χ1v) is 7.22. The third kappa shape index (κ3) is 3.41. The van der Waals surface area contributed by atoms with Crippen LogP contribution in [-0.4, -0.2) is 31.4 Å². The largest absolute Gasteiger partial charge is 0.387 e. The number of nitrogens with one attached hydrogen (secondary N) is 1. The highest BCUT2D eigenvalue weighted by Crippen LogP contribution is 2.27. The van der Waals surface area contributed by atoms with Crippen LogP contribution < -0.4 is 5.32 Å². The van der Waals surface area contributed by atoms with Crippen molar-refractivity contribution < 1.29 is 4.79 Å². The number of hydrogen-bond acceptors (Lipinski definition) is 2. The Morgan fingerprint density at radius 3 is 2.74 bits per heavy atom. The molecule has 19 heavy (non-hydrogen) atoms. The van der Waals surface area contributed by atoms with Crippen molar-refractivity contribution in [2.75, 3.05) is 26.0 Å². The molecule has 4 heteroatoms. The van der Waals surface area contributed by atoms with Crippen LogP contribution in [0.25, 0.3) is 0 Å². The van der Waals surface area contributed by atoms with Crippen LogP contribution in [0.5, 0.6) is 0 Å². The SMILES string of the molecule is CNc1ccc(Cl)cc1C(=O)N(C)CC1CCCC1. The Hall–Kier alpha value is -1.22. The predicted octanol–water partition coefficient (Wildman–Crippen LogP) is 3.64. The molecule has 0 spiro atoms. The summed E-state index contributed by atoms with van der Waals surface area (Å²) in [6.45, 7) is 0.842. The van der Waals surface area contributed by atoms with Gasteiger partial charge >= 0.3 is 0 Å². The molecule has 1 amide bonds. The molecule has 0 radical (unpaired) electrons. The summed E-state index contributed by atoms with van der Waals surface area (Å²) in [7, 11) is 3.69. The van der Waals surface area contributed by atoms with Gasteiger partial charge in [0, 0.05) is 31.4 Å². The van der Waals surface area contributed by atoms with E-state index in [0.29, 0.717) is 16.5 Å². The number of benzene rings is 1. The lowest BCUT2D eigenvalue weighted by Gasteiger charge is -2.22. The Morgan fingerprint density at radius 2 is 2.11 bits per heavy atom. The molecule has 1 saturated carbocycles. The molecule has 1 fully saturated rings. The van der Waals surface area contributed by atoms with Gasteiger partial charge in [-0.1, -0.05) is 24.4 Å². The number of carbonyl (C=O) groups is 1. The maximum atomic E-state index is 12.5. The molecule has 0 atom stereocenters. The highest BCUT2D eigenvalue weighted by molar-refractivity contribution is 6.31. The van der Waals surface area contributed by atoms with Crippen LogP contribution in [0.3, 0.4) is 0 Å². The van der Waals surface area contributed by atoms with Crippen LogP contribution >= 0.6 is 11.6 Å². The van der Waals surface area contributed by atoms with Crippen LogP contribution in [0.4, 0.5) is 5.69 Å². The molecule has 2 rings (SSSR count). The molecule has 104 valence electrons. The maximum absolute atomic E-state index is 12.5. The minimum atomic E-state index is 0.0405. The fraction of sp³-hybridized carbons (Fsp3) is 0.533. The molecule has 3 nitrogen and oxygen atoms in total. The van der Waals surface area contributed by atoms with E-state index in [2.05, 4.69) is 5.32 Å². The van der Waals surface area contributed by atoms with Crippen molar-refractivity contribution in [3.8, 4) is 0 Å². The molecule has 1 aliphatic carbocycles. The van der Waals surface area contributed by atoms with Gasteiger partial charge < -0.3 is 10.2 Å². The Kier molecular flexibility index (Phi) is 4.70. The van der Waals surface area contributed by atoms with Gasteiger partial charge in [-0.3, -0.25) is 4.79 Å². The number of rotatable bonds is 4. The summed E-state index contributed by atoms with van der Waals surface area (Å²) in [6, 6.07) is 5.38. The number of anilines is 1. The minimum absolute atomic E-state index is 0.0405. The van der Waals surface area contributed by atoms with E-state index in [1.165, 1.54) is 25.7 Å². The average molecular weight is 281 g/mol. The second-order valence-electron chi connectivity index (χ2n) is 5.28. The topological polar surface area (TPSA) is 32.3 Å². The lowest BCUT2D eigenvalue weighted by molar-refractivity contribution is 0.0774. The van der Waals surface area contributed by atoms with Crippen molar-refractivity contribution in [3.05, 3.63) is 28.8 Å². The molecule has 0 saturated heterocycles. The van der Waals surface area contributed by atoms with Crippen molar-refractivity contribution in [1.82, 2.24) is 4.90 Å². The Morgan fingerprint density at radius 1 is 1.42 bits per heavy atom. The van der Waals surface area contributed by atoms with E-state index in [1.54, 1.807) is 12.1 Å². The fourth-order valence-electron chi connectivity index (χ4n) is 2.78. The zero-order valence-corrected chi connectivity index (χ0v) is 12.3. The van der Waals surface area contributed by atoms with E-state index < -0.39 is 0 Å². The van der Waals surface area contributed by atoms with Crippen LogP contribution in [-0.2, 0) is 0 Å². The van der Waals surface area contributed by atoms with Crippen molar-refractivity contribution in [2.45, 2.75) is 25.7 Å². The number of carbonyl (C=O) groups excluding carboxylic acids is 1. The van der Waals surface area contributed by atoms with Crippen LogP contribution in [0.2, 0.25) is 5.02 Å². The van der Waals surface area contributed by atoms with Crippen molar-refractivity contribution in [1.29, 1.82) is 0 Å². The Balaban J connectivity index is 2.11. The summed E-state index contributed by atoms with van der Waals surface area (Å²) < 4.78 is 0. The Labute approximate surface area is 119 Å². The van der Waals surface area contributed by atoms with Gasteiger partial charge in [-0.15, -0.1) is 0 Å². The summed E-state index contributed by atoms with van der Waals surface area (Å²) in [5.41, 5.74) is 1.48. The molecule has 1 aliphatic rings. The molecule has 1 aromatic carbocycles. The second kappa shape index (κ2) is 6.29. The molecule has 0 aromatic heterocycles. The standard InChI is InChI=1S/C15H21ClN2O/c1-17-14-8-7-12(16)9-13(14)15(19)18(2)10-11-5-3-4-6-11/h7-9,11,17H,3-6,10H2,1-2H3. The molecule has 0 aliphatic heterocycles. The average Bonchev–Trinajstić information content (AvgIpc) is 2.90. The van der Waals surface area contributed by atoms with Crippen LogP contribution in [0.15, 0.2) is 18.2 Å². The first-order chi connectivity index (χ1) is 9.11. The third-order valence-corrected chi connectivity index (χ3v) is 4.07. The van der Waals surface area contributed by atoms with Gasteiger partial charge in [-0.25, -0.2) is 0 Å². The number of nitrogens with zero attached hydrogens (tertiary/aromatic N) is 1. The van der Waals surface area contributed by atoms with Gasteiger partial charge in [0.05, 0.1) is 5.56 Å². The summed E-state index contributed by atoms with van der Waals surface area (Å²) in [6.07, 6.45) is 5.08. The molecular formula is C15H21ClN2O. The fourth-order valence-corrected chi connectivity index (χ4v) is 2.95. The van der Waals surface area contributed by atoms with E-state index in [0.717, 1.165) is 12.2 Å². The van der Waals surface area contributed by atoms with Gasteiger partial charge in [0.15, 0.2) is 0 Å². The summed E-state index contributed by atoms with van der Waals surface area (Å²) >= 11 is 5.99. The number of amides is 1. The first-order valence-electron chi connectivity index (χ1n) is 6.84. The molecular weight excluding hydrogens is 260 g/mol. The third-order valence-electron chi connectivity index (χ3n) is 3.83. The van der Waals surface area contributed by atoms with Gasteiger partial charge in [0.2, 0.25) is 0 Å². The van der Waals surface area contributed by atoms with Crippen LogP contribution in [0.1, 0.15) is 36.0 Å². The normalized spacial score (nSPS) is 15.5. The minimum Gasteiger partial charge on any atom is -0.387 e. The van der Waals surface area contributed by atoms with Gasteiger partial charge in [0.25, 0.3) is 5.91 Å². The summed E-state index contributed by atoms with van der Waals surface area (Å²) in [5.74, 6) is 0.699. The van der Waals surface area contributed by atoms with E-state index in [9.17, 15) is 4.79 Å². The van der Waals surface area contributed by atoms with Crippen molar-refractivity contribution >= 4 is 23.2 Å². The van der Waals surface area contributed by atoms with E-state index in [1.807, 2.05) is 25.1 Å². The number of hydrogen-bond donors (Lipinski definition) is 1. The molecule has 1 N–H and O–H groups in total. The smallest absolute Gasteiger partial charge is 0.255 e. The monoisotopic (exact) mass is 280 g/mol. The maximum Gasteiger partial charge on any atom is 0.255 e. The van der Waals surface area contributed by atoms with Gasteiger partial charge in [0.1, 0.15) is 0 Å². The molecule has 1 aromatic rings. The molecule has 0 unspecified atom stereocenters. The second-order valence-corrected chi connectivity index (χ2v) is 5.71. The molecule has 0 heterocycles. The van der Waals surface area contributed by atoms with Crippen LogP contribution in [0, 0.1) is 5.92 Å². The highest BCUT2D eigenvalue weighted by Gasteiger charge is 2.21. The zero-order chi connectivity index (χ0) is 13.8. The highest BCUT2D eigenvalue weighted by atomic mass is 35.5. The quantitative estimate of drug-likeness (QED) is 0.913. The van der Waals surface area contributed by atoms with Crippen molar-refractivity contribution in [3.63, 3.8) is 0 Å². The zero-order valence-electron chi connectivity index (χ0n) is 11.6. The lowest BCUT2D eigenvalue weighted by atomic mass is 10.1. The van der Waals surface area contributed by atoms with Gasteiger partial charge in [-0.05, 0) is 37.0 Å². The van der Waals surface area contributed by atoms with E-state index >= 15 is 0 Å². The molecule has 0 bridgehead atoms. The summed E-state index contributed by atoms with van der Waals surface area (Å²) in [5, 5.41) is 3.64. The van der Waals surface area contributed by atoms with E-state index in [-0.39, 0.29) is 5.91 Å². The van der Waals surface area contributed by atoms with Crippen molar-refractivity contribution in [2.24, 2.45) is 5.92 Å². The van der Waals surface area contributed by atoms with E-state index in [4.69, 9.17) is 11.6 Å². The lowest BCUT2D eigenvalue weighted by Crippen LogP contribution is -2.31. The van der Waals surface area contributed by atoms with Gasteiger partial charge in [-0.2, -0.15) is 0 Å².